The summed E-state index contributed by atoms with van der Waals surface area (Å²) in [4.78, 5) is 6.06. The number of nitrogens with one attached hydrogen (secondary N) is 1. The first-order valence-corrected chi connectivity index (χ1v) is 7.97. The Hall–Kier alpha value is -1.26. The van der Waals surface area contributed by atoms with E-state index in [1.54, 1.807) is 17.4 Å². The van der Waals surface area contributed by atoms with E-state index in [1.807, 2.05) is 13.0 Å². The largest absolute Gasteiger partial charge is 0.309 e. The van der Waals surface area contributed by atoms with Gasteiger partial charge in [-0.1, -0.05) is 6.92 Å². The van der Waals surface area contributed by atoms with Crippen molar-refractivity contribution in [2.75, 3.05) is 0 Å². The number of benzene rings is 1. The Morgan fingerprint density at radius 3 is 2.85 bits per heavy atom. The number of thiazole rings is 1. The number of aromatic nitrogens is 1. The van der Waals surface area contributed by atoms with E-state index in [4.69, 9.17) is 4.98 Å². The highest BCUT2D eigenvalue weighted by Crippen LogP contribution is 2.31. The molecule has 0 saturated heterocycles. The highest BCUT2D eigenvalue weighted by molar-refractivity contribution is 7.15. The summed E-state index contributed by atoms with van der Waals surface area (Å²) in [6, 6.07) is 5.63. The highest BCUT2D eigenvalue weighted by Gasteiger charge is 2.21. The summed E-state index contributed by atoms with van der Waals surface area (Å²) in [5, 5.41) is 4.55. The van der Waals surface area contributed by atoms with Crippen molar-refractivity contribution in [3.8, 4) is 10.6 Å². The van der Waals surface area contributed by atoms with Crippen LogP contribution in [-0.2, 0) is 13.0 Å². The Bertz CT molecular complexity index is 617. The van der Waals surface area contributed by atoms with Crippen LogP contribution < -0.4 is 5.32 Å². The number of nitrogens with zero attached hydrogens (tertiary/aromatic N) is 1. The minimum Gasteiger partial charge on any atom is -0.309 e. The summed E-state index contributed by atoms with van der Waals surface area (Å²) in [5.74, 6) is -0.186. The van der Waals surface area contributed by atoms with Crippen LogP contribution >= 0.6 is 11.3 Å². The van der Waals surface area contributed by atoms with E-state index in [1.165, 1.54) is 29.5 Å². The van der Waals surface area contributed by atoms with Crippen molar-refractivity contribution in [2.45, 2.75) is 45.7 Å². The van der Waals surface area contributed by atoms with Crippen LogP contribution in [0.3, 0.4) is 0 Å². The second kappa shape index (κ2) is 5.62. The molecule has 0 spiro atoms. The zero-order chi connectivity index (χ0) is 14.1. The molecule has 0 radical (unpaired) electrons. The third-order valence-electron chi connectivity index (χ3n) is 3.66. The van der Waals surface area contributed by atoms with Gasteiger partial charge in [0.2, 0.25) is 0 Å². The maximum absolute atomic E-state index is 13.2. The molecule has 0 bridgehead atoms. The van der Waals surface area contributed by atoms with Gasteiger partial charge in [0, 0.05) is 23.0 Å². The first-order chi connectivity index (χ1) is 9.67. The SMILES string of the molecule is CCc1nc(-c2ccc(F)cc2C)sc1CNC1CC1. The van der Waals surface area contributed by atoms with Gasteiger partial charge in [-0.3, -0.25) is 0 Å². The summed E-state index contributed by atoms with van der Waals surface area (Å²) in [6.45, 7) is 4.98. The number of aryl methyl sites for hydroxylation is 2. The topological polar surface area (TPSA) is 24.9 Å². The summed E-state index contributed by atoms with van der Waals surface area (Å²) in [7, 11) is 0. The Kier molecular flexibility index (Phi) is 3.85. The van der Waals surface area contributed by atoms with Crippen LogP contribution in [0.5, 0.6) is 0 Å². The van der Waals surface area contributed by atoms with Gasteiger partial charge in [-0.15, -0.1) is 11.3 Å². The first kappa shape index (κ1) is 13.7. The molecule has 20 heavy (non-hydrogen) atoms. The monoisotopic (exact) mass is 290 g/mol. The number of hydrogen-bond acceptors (Lipinski definition) is 3. The van der Waals surface area contributed by atoms with E-state index in [2.05, 4.69) is 12.2 Å². The molecule has 4 heteroatoms. The molecule has 1 aliphatic rings. The predicted octanol–water partition coefficient (Wildman–Crippen LogP) is 4.07. The minimum absolute atomic E-state index is 0.186. The Morgan fingerprint density at radius 1 is 1.40 bits per heavy atom. The fraction of sp³-hybridized carbons (Fsp3) is 0.438. The van der Waals surface area contributed by atoms with Crippen molar-refractivity contribution in [3.63, 3.8) is 0 Å². The molecule has 2 nitrogen and oxygen atoms in total. The molecule has 1 aliphatic carbocycles. The van der Waals surface area contributed by atoms with E-state index >= 15 is 0 Å². The van der Waals surface area contributed by atoms with E-state index in [-0.39, 0.29) is 5.82 Å². The van der Waals surface area contributed by atoms with Gasteiger partial charge in [0.05, 0.1) is 5.69 Å². The first-order valence-electron chi connectivity index (χ1n) is 7.16. The molecule has 1 aromatic heterocycles. The van der Waals surface area contributed by atoms with Crippen molar-refractivity contribution in [1.82, 2.24) is 10.3 Å². The van der Waals surface area contributed by atoms with Crippen LogP contribution in [0, 0.1) is 12.7 Å². The van der Waals surface area contributed by atoms with Gasteiger partial charge in [0.15, 0.2) is 0 Å². The van der Waals surface area contributed by atoms with Crippen LogP contribution in [0.4, 0.5) is 4.39 Å². The molecular formula is C16H19FN2S. The summed E-state index contributed by atoms with van der Waals surface area (Å²) >= 11 is 1.73. The minimum atomic E-state index is -0.186. The Labute approximate surface area is 123 Å². The molecule has 1 N–H and O–H groups in total. The lowest BCUT2D eigenvalue weighted by Crippen LogP contribution is -2.15. The van der Waals surface area contributed by atoms with Crippen LogP contribution in [0.15, 0.2) is 18.2 Å². The second-order valence-corrected chi connectivity index (χ2v) is 6.44. The lowest BCUT2D eigenvalue weighted by atomic mass is 10.1. The summed E-state index contributed by atoms with van der Waals surface area (Å²) in [6.07, 6.45) is 3.53. The van der Waals surface area contributed by atoms with Crippen LogP contribution in [0.25, 0.3) is 10.6 Å². The predicted molar refractivity (Wildman–Crippen MR) is 81.5 cm³/mol. The van der Waals surface area contributed by atoms with E-state index < -0.39 is 0 Å². The molecular weight excluding hydrogens is 271 g/mol. The molecule has 1 aromatic carbocycles. The third kappa shape index (κ3) is 2.91. The molecule has 0 aliphatic heterocycles. The van der Waals surface area contributed by atoms with Gasteiger partial charge >= 0.3 is 0 Å². The standard InChI is InChI=1S/C16H19FN2S/c1-3-14-15(9-18-12-5-6-12)20-16(19-14)13-7-4-11(17)8-10(13)2/h4,7-8,12,18H,3,5-6,9H2,1-2H3. The number of rotatable bonds is 5. The van der Waals surface area contributed by atoms with Gasteiger partial charge in [-0.2, -0.15) is 0 Å². The second-order valence-electron chi connectivity index (χ2n) is 5.36. The number of hydrogen-bond donors (Lipinski definition) is 1. The fourth-order valence-corrected chi connectivity index (χ4v) is 3.50. The molecule has 0 atom stereocenters. The molecule has 0 unspecified atom stereocenters. The van der Waals surface area contributed by atoms with Crippen LogP contribution in [-0.4, -0.2) is 11.0 Å². The molecule has 106 valence electrons. The van der Waals surface area contributed by atoms with Gasteiger partial charge in [0.1, 0.15) is 10.8 Å². The molecule has 3 rings (SSSR count). The maximum atomic E-state index is 13.2. The van der Waals surface area contributed by atoms with Crippen LogP contribution in [0.1, 0.15) is 35.9 Å². The van der Waals surface area contributed by atoms with Crippen molar-refractivity contribution in [3.05, 3.63) is 40.2 Å². The van der Waals surface area contributed by atoms with E-state index in [0.29, 0.717) is 6.04 Å². The van der Waals surface area contributed by atoms with Crippen molar-refractivity contribution in [1.29, 1.82) is 0 Å². The third-order valence-corrected chi connectivity index (χ3v) is 4.79. The van der Waals surface area contributed by atoms with Gasteiger partial charge in [-0.05, 0) is 49.9 Å². The van der Waals surface area contributed by atoms with Crippen molar-refractivity contribution >= 4 is 11.3 Å². The summed E-state index contributed by atoms with van der Waals surface area (Å²) < 4.78 is 13.2. The average molecular weight is 290 g/mol. The zero-order valence-corrected chi connectivity index (χ0v) is 12.7. The molecule has 1 heterocycles. The van der Waals surface area contributed by atoms with Gasteiger partial charge < -0.3 is 5.32 Å². The molecule has 1 fully saturated rings. The highest BCUT2D eigenvalue weighted by atomic mass is 32.1. The lowest BCUT2D eigenvalue weighted by Gasteiger charge is -2.01. The van der Waals surface area contributed by atoms with E-state index in [9.17, 15) is 4.39 Å². The fourth-order valence-electron chi connectivity index (χ4n) is 2.30. The smallest absolute Gasteiger partial charge is 0.124 e. The molecule has 0 amide bonds. The van der Waals surface area contributed by atoms with E-state index in [0.717, 1.165) is 29.1 Å². The number of halogens is 1. The van der Waals surface area contributed by atoms with Crippen molar-refractivity contribution in [2.24, 2.45) is 0 Å². The average Bonchev–Trinajstić information content (AvgIpc) is 3.16. The lowest BCUT2D eigenvalue weighted by molar-refractivity contribution is 0.627. The van der Waals surface area contributed by atoms with Crippen LogP contribution in [0.2, 0.25) is 0 Å². The Morgan fingerprint density at radius 2 is 2.20 bits per heavy atom. The normalized spacial score (nSPS) is 14.8. The van der Waals surface area contributed by atoms with Gasteiger partial charge in [-0.25, -0.2) is 9.37 Å². The molecule has 2 aromatic rings. The Balaban J connectivity index is 1.88. The molecule has 1 saturated carbocycles. The summed E-state index contributed by atoms with van der Waals surface area (Å²) in [5.41, 5.74) is 3.16. The zero-order valence-electron chi connectivity index (χ0n) is 11.9. The van der Waals surface area contributed by atoms with Crippen molar-refractivity contribution < 1.29 is 4.39 Å². The quantitative estimate of drug-likeness (QED) is 0.898. The maximum Gasteiger partial charge on any atom is 0.124 e. The van der Waals surface area contributed by atoms with Gasteiger partial charge in [0.25, 0.3) is 0 Å².